The van der Waals surface area contributed by atoms with Gasteiger partial charge in [-0.25, -0.2) is 0 Å². The molecule has 2 rings (SSSR count). The van der Waals surface area contributed by atoms with Crippen molar-refractivity contribution in [2.45, 2.75) is 32.3 Å². The maximum atomic E-state index is 11.3. The summed E-state index contributed by atoms with van der Waals surface area (Å²) in [6, 6.07) is 3.40. The zero-order chi connectivity index (χ0) is 14.8. The van der Waals surface area contributed by atoms with E-state index in [-0.39, 0.29) is 12.5 Å². The van der Waals surface area contributed by atoms with E-state index in [1.165, 1.54) is 0 Å². The van der Waals surface area contributed by atoms with Crippen LogP contribution in [0.15, 0.2) is 12.1 Å². The number of nitrogen functional groups attached to an aromatic ring is 1. The molecule has 0 fully saturated rings. The molecule has 0 unspecified atom stereocenters. The Labute approximate surface area is 118 Å². The highest BCUT2D eigenvalue weighted by atomic mass is 16.5. The number of ether oxygens (including phenoxy) is 1. The van der Waals surface area contributed by atoms with Crippen LogP contribution in [-0.2, 0) is 4.79 Å². The van der Waals surface area contributed by atoms with Gasteiger partial charge in [-0.3, -0.25) is 4.79 Å². The van der Waals surface area contributed by atoms with Crippen LogP contribution in [0.4, 0.5) is 17.1 Å². The minimum atomic E-state index is -0.762. The molecule has 5 N–H and O–H groups in total. The number of benzene rings is 1. The summed E-state index contributed by atoms with van der Waals surface area (Å²) in [6.07, 6.45) is 1.31. The first-order valence-electron chi connectivity index (χ1n) is 6.80. The standard InChI is InChI=1S/C14H21N3O3/c1-3-14(19,4-2)8-16-10-6-11-12(5-9(10)15)20-7-13(18)17-11/h5-6,16,19H,3-4,7-8,15H2,1-2H3,(H,17,18). The molecule has 1 aromatic rings. The van der Waals surface area contributed by atoms with E-state index in [4.69, 9.17) is 10.5 Å². The number of aliphatic hydroxyl groups is 1. The van der Waals surface area contributed by atoms with Crippen LogP contribution >= 0.6 is 0 Å². The zero-order valence-electron chi connectivity index (χ0n) is 11.8. The number of hydrogen-bond donors (Lipinski definition) is 4. The molecule has 0 aliphatic carbocycles. The van der Waals surface area contributed by atoms with Crippen molar-refractivity contribution >= 4 is 23.0 Å². The highest BCUT2D eigenvalue weighted by molar-refractivity contribution is 5.97. The quantitative estimate of drug-likeness (QED) is 0.613. The average Bonchev–Trinajstić information content (AvgIpc) is 2.45. The predicted octanol–water partition coefficient (Wildman–Crippen LogP) is 1.56. The third kappa shape index (κ3) is 2.96. The van der Waals surface area contributed by atoms with Gasteiger partial charge in [-0.05, 0) is 18.9 Å². The molecule has 0 atom stereocenters. The molecule has 6 heteroatoms. The summed E-state index contributed by atoms with van der Waals surface area (Å²) in [5.74, 6) is 0.376. The lowest BCUT2D eigenvalue weighted by molar-refractivity contribution is -0.118. The Morgan fingerprint density at radius 1 is 1.45 bits per heavy atom. The second kappa shape index (κ2) is 5.58. The third-order valence-corrected chi connectivity index (χ3v) is 3.71. The van der Waals surface area contributed by atoms with Crippen LogP contribution in [-0.4, -0.2) is 29.8 Å². The maximum absolute atomic E-state index is 11.3. The number of rotatable bonds is 5. The Kier molecular flexibility index (Phi) is 4.04. The molecule has 1 aliphatic heterocycles. The van der Waals surface area contributed by atoms with E-state index in [1.807, 2.05) is 13.8 Å². The van der Waals surface area contributed by atoms with E-state index in [0.29, 0.717) is 42.2 Å². The van der Waals surface area contributed by atoms with E-state index >= 15 is 0 Å². The van der Waals surface area contributed by atoms with Crippen LogP contribution < -0.4 is 21.1 Å². The molecule has 20 heavy (non-hydrogen) atoms. The van der Waals surface area contributed by atoms with Gasteiger partial charge in [-0.1, -0.05) is 13.8 Å². The van der Waals surface area contributed by atoms with Crippen molar-refractivity contribution in [1.29, 1.82) is 0 Å². The van der Waals surface area contributed by atoms with Gasteiger partial charge in [0.15, 0.2) is 6.61 Å². The van der Waals surface area contributed by atoms with Gasteiger partial charge in [0.05, 0.1) is 22.7 Å². The number of amides is 1. The second-order valence-corrected chi connectivity index (χ2v) is 5.06. The van der Waals surface area contributed by atoms with E-state index in [2.05, 4.69) is 10.6 Å². The summed E-state index contributed by atoms with van der Waals surface area (Å²) in [7, 11) is 0. The average molecular weight is 279 g/mol. The predicted molar refractivity (Wildman–Crippen MR) is 79.0 cm³/mol. The summed E-state index contributed by atoms with van der Waals surface area (Å²) in [5, 5.41) is 16.1. The minimum Gasteiger partial charge on any atom is -0.482 e. The van der Waals surface area contributed by atoms with Crippen LogP contribution in [0.5, 0.6) is 5.75 Å². The summed E-state index contributed by atoms with van der Waals surface area (Å²) >= 11 is 0. The Balaban J connectivity index is 2.16. The molecule has 0 bridgehead atoms. The molecule has 0 radical (unpaired) electrons. The smallest absolute Gasteiger partial charge is 0.262 e. The number of nitrogens with two attached hydrogens (primary N) is 1. The number of hydrogen-bond acceptors (Lipinski definition) is 5. The topological polar surface area (TPSA) is 96.6 Å². The lowest BCUT2D eigenvalue weighted by Crippen LogP contribution is -2.35. The number of fused-ring (bicyclic) bond motifs is 1. The van der Waals surface area contributed by atoms with Gasteiger partial charge in [-0.2, -0.15) is 0 Å². The molecule has 1 aliphatic rings. The molecule has 0 saturated carbocycles. The number of carbonyl (C=O) groups excluding carboxylic acids is 1. The molecule has 1 amide bonds. The van der Waals surface area contributed by atoms with Crippen LogP contribution in [0.1, 0.15) is 26.7 Å². The van der Waals surface area contributed by atoms with E-state index < -0.39 is 5.60 Å². The minimum absolute atomic E-state index is 0.00460. The van der Waals surface area contributed by atoms with Crippen molar-refractivity contribution in [2.75, 3.05) is 29.5 Å². The van der Waals surface area contributed by atoms with Crippen molar-refractivity contribution in [1.82, 2.24) is 0 Å². The Hall–Kier alpha value is -1.95. The van der Waals surface area contributed by atoms with Gasteiger partial charge in [-0.15, -0.1) is 0 Å². The Morgan fingerprint density at radius 3 is 2.80 bits per heavy atom. The van der Waals surface area contributed by atoms with Gasteiger partial charge >= 0.3 is 0 Å². The van der Waals surface area contributed by atoms with E-state index in [9.17, 15) is 9.90 Å². The highest BCUT2D eigenvalue weighted by Crippen LogP contribution is 2.35. The molecular weight excluding hydrogens is 258 g/mol. The molecule has 1 heterocycles. The van der Waals surface area contributed by atoms with Gasteiger partial charge in [0.1, 0.15) is 5.75 Å². The largest absolute Gasteiger partial charge is 0.482 e. The normalized spacial score (nSPS) is 14.2. The number of anilines is 3. The van der Waals surface area contributed by atoms with Crippen molar-refractivity contribution in [3.8, 4) is 5.75 Å². The van der Waals surface area contributed by atoms with Crippen LogP contribution in [0.3, 0.4) is 0 Å². The first-order chi connectivity index (χ1) is 9.47. The first kappa shape index (κ1) is 14.5. The van der Waals surface area contributed by atoms with E-state index in [0.717, 1.165) is 0 Å². The first-order valence-corrected chi connectivity index (χ1v) is 6.80. The molecule has 6 nitrogen and oxygen atoms in total. The molecule has 110 valence electrons. The third-order valence-electron chi connectivity index (χ3n) is 3.71. The summed E-state index contributed by atoms with van der Waals surface area (Å²) in [6.45, 7) is 4.29. The molecule has 0 spiro atoms. The number of nitrogens with one attached hydrogen (secondary N) is 2. The van der Waals surface area contributed by atoms with Crippen molar-refractivity contribution in [3.05, 3.63) is 12.1 Å². The van der Waals surface area contributed by atoms with Crippen LogP contribution in [0, 0.1) is 0 Å². The highest BCUT2D eigenvalue weighted by Gasteiger charge is 2.23. The fourth-order valence-corrected chi connectivity index (χ4v) is 2.06. The van der Waals surface area contributed by atoms with E-state index in [1.54, 1.807) is 12.1 Å². The van der Waals surface area contributed by atoms with Gasteiger partial charge in [0, 0.05) is 12.6 Å². The molecule has 1 aromatic carbocycles. The zero-order valence-corrected chi connectivity index (χ0v) is 11.8. The van der Waals surface area contributed by atoms with Gasteiger partial charge < -0.3 is 26.2 Å². The SMILES string of the molecule is CCC(O)(CC)CNc1cc2c(cc1N)OCC(=O)N2. The van der Waals surface area contributed by atoms with Gasteiger partial charge in [0.25, 0.3) is 5.91 Å². The van der Waals surface area contributed by atoms with Crippen LogP contribution in [0.25, 0.3) is 0 Å². The fourth-order valence-electron chi connectivity index (χ4n) is 2.06. The van der Waals surface area contributed by atoms with Crippen LogP contribution in [0.2, 0.25) is 0 Å². The molecule has 0 saturated heterocycles. The van der Waals surface area contributed by atoms with Crippen molar-refractivity contribution in [3.63, 3.8) is 0 Å². The fraction of sp³-hybridized carbons (Fsp3) is 0.500. The molecular formula is C14H21N3O3. The summed E-state index contributed by atoms with van der Waals surface area (Å²) < 4.78 is 5.29. The Bertz CT molecular complexity index is 513. The monoisotopic (exact) mass is 279 g/mol. The summed E-state index contributed by atoms with van der Waals surface area (Å²) in [4.78, 5) is 11.3. The second-order valence-electron chi connectivity index (χ2n) is 5.06. The maximum Gasteiger partial charge on any atom is 0.262 e. The van der Waals surface area contributed by atoms with Crippen molar-refractivity contribution < 1.29 is 14.6 Å². The number of carbonyl (C=O) groups is 1. The van der Waals surface area contributed by atoms with Crippen molar-refractivity contribution in [2.24, 2.45) is 0 Å². The molecule has 0 aromatic heterocycles. The Morgan fingerprint density at radius 2 is 2.15 bits per heavy atom. The lowest BCUT2D eigenvalue weighted by Gasteiger charge is -2.27. The lowest BCUT2D eigenvalue weighted by atomic mass is 9.97. The summed E-state index contributed by atoms with van der Waals surface area (Å²) in [5.41, 5.74) is 6.98. The van der Waals surface area contributed by atoms with Gasteiger partial charge in [0.2, 0.25) is 0 Å².